The summed E-state index contributed by atoms with van der Waals surface area (Å²) in [5.74, 6) is 0.0764. The summed E-state index contributed by atoms with van der Waals surface area (Å²) in [6, 6.07) is 22.6. The quantitative estimate of drug-likeness (QED) is 0.662. The molecule has 3 heteroatoms. The lowest BCUT2D eigenvalue weighted by Gasteiger charge is -2.12. The molecule has 0 spiro atoms. The van der Waals surface area contributed by atoms with Crippen molar-refractivity contribution in [2.24, 2.45) is 11.7 Å². The summed E-state index contributed by atoms with van der Waals surface area (Å²) in [6.45, 7) is 3.09. The Kier molecular flexibility index (Phi) is 6.16. The maximum absolute atomic E-state index is 12.4. The molecule has 0 aliphatic carbocycles. The van der Waals surface area contributed by atoms with Gasteiger partial charge in [0.1, 0.15) is 6.61 Å². The van der Waals surface area contributed by atoms with Crippen LogP contribution in [0.3, 0.4) is 0 Å². The minimum atomic E-state index is -0.0595. The van der Waals surface area contributed by atoms with Crippen LogP contribution in [0.1, 0.15) is 23.6 Å². The molecule has 0 unspecified atom stereocenters. The monoisotopic (exact) mass is 347 g/mol. The molecule has 0 fully saturated rings. The van der Waals surface area contributed by atoms with E-state index in [1.54, 1.807) is 0 Å². The fourth-order valence-corrected chi connectivity index (χ4v) is 3.02. The van der Waals surface area contributed by atoms with E-state index in [1.807, 2.05) is 43.3 Å². The summed E-state index contributed by atoms with van der Waals surface area (Å²) in [6.07, 6.45) is 0.734. The van der Waals surface area contributed by atoms with Crippen molar-refractivity contribution in [3.63, 3.8) is 0 Å². The van der Waals surface area contributed by atoms with Crippen molar-refractivity contribution >= 4 is 16.6 Å². The third-order valence-electron chi connectivity index (χ3n) is 4.68. The summed E-state index contributed by atoms with van der Waals surface area (Å²) in [5.41, 5.74) is 8.92. The van der Waals surface area contributed by atoms with Gasteiger partial charge in [-0.15, -0.1) is 0 Å². The zero-order valence-electron chi connectivity index (χ0n) is 15.2. The number of Topliss-reactive ketones (excluding diaryl/α,β-unsaturated/α-hetero) is 1. The van der Waals surface area contributed by atoms with E-state index in [2.05, 4.69) is 30.3 Å². The van der Waals surface area contributed by atoms with Crippen LogP contribution in [0.4, 0.5) is 0 Å². The Morgan fingerprint density at radius 3 is 2.31 bits per heavy atom. The van der Waals surface area contributed by atoms with Crippen molar-refractivity contribution in [1.29, 1.82) is 0 Å². The molecule has 26 heavy (non-hydrogen) atoms. The minimum Gasteiger partial charge on any atom is -0.369 e. The first-order chi connectivity index (χ1) is 12.7. The predicted octanol–water partition coefficient (Wildman–Crippen LogP) is 4.26. The molecular weight excluding hydrogens is 322 g/mol. The van der Waals surface area contributed by atoms with Gasteiger partial charge in [0.25, 0.3) is 0 Å². The number of hydrogen-bond donors (Lipinski definition) is 1. The van der Waals surface area contributed by atoms with Gasteiger partial charge in [0.05, 0.1) is 6.61 Å². The van der Waals surface area contributed by atoms with Gasteiger partial charge in [-0.1, -0.05) is 73.7 Å². The third-order valence-corrected chi connectivity index (χ3v) is 4.68. The SMILES string of the molecule is C[C@H](Cc1ccc2ccccc2c1)C(=O)COCc1ccc(CN)cc1. The summed E-state index contributed by atoms with van der Waals surface area (Å²) in [7, 11) is 0. The lowest BCUT2D eigenvalue weighted by molar-refractivity contribution is -0.127. The Bertz CT molecular complexity index is 871. The third kappa shape index (κ3) is 4.78. The van der Waals surface area contributed by atoms with Crippen molar-refractivity contribution in [2.75, 3.05) is 6.61 Å². The molecule has 0 aliphatic rings. The van der Waals surface area contributed by atoms with Crippen molar-refractivity contribution in [3.8, 4) is 0 Å². The molecule has 2 N–H and O–H groups in total. The molecular formula is C23H25NO2. The molecule has 0 saturated heterocycles. The summed E-state index contributed by atoms with van der Waals surface area (Å²) >= 11 is 0. The molecule has 0 amide bonds. The number of rotatable bonds is 8. The lowest BCUT2D eigenvalue weighted by Crippen LogP contribution is -2.19. The number of fused-ring (bicyclic) bond motifs is 1. The molecule has 0 saturated carbocycles. The Hall–Kier alpha value is -2.49. The number of nitrogens with two attached hydrogens (primary N) is 1. The second-order valence-corrected chi connectivity index (χ2v) is 6.77. The first-order valence-corrected chi connectivity index (χ1v) is 9.01. The molecule has 0 aliphatic heterocycles. The molecule has 3 aromatic rings. The van der Waals surface area contributed by atoms with E-state index in [4.69, 9.17) is 10.5 Å². The minimum absolute atomic E-state index is 0.0595. The second kappa shape index (κ2) is 8.75. The number of hydrogen-bond acceptors (Lipinski definition) is 3. The van der Waals surface area contributed by atoms with Crippen LogP contribution in [0.15, 0.2) is 66.7 Å². The molecule has 1 atom stereocenters. The van der Waals surface area contributed by atoms with E-state index in [-0.39, 0.29) is 18.3 Å². The van der Waals surface area contributed by atoms with Crippen LogP contribution in [-0.4, -0.2) is 12.4 Å². The van der Waals surface area contributed by atoms with Gasteiger partial charge in [0.2, 0.25) is 0 Å². The average molecular weight is 347 g/mol. The van der Waals surface area contributed by atoms with Gasteiger partial charge >= 0.3 is 0 Å². The second-order valence-electron chi connectivity index (χ2n) is 6.77. The first-order valence-electron chi connectivity index (χ1n) is 9.01. The van der Waals surface area contributed by atoms with Gasteiger partial charge in [-0.2, -0.15) is 0 Å². The molecule has 0 heterocycles. The van der Waals surface area contributed by atoms with E-state index in [0.29, 0.717) is 13.2 Å². The van der Waals surface area contributed by atoms with E-state index in [9.17, 15) is 4.79 Å². The zero-order valence-corrected chi connectivity index (χ0v) is 15.2. The summed E-state index contributed by atoms with van der Waals surface area (Å²) in [5, 5.41) is 2.43. The maximum atomic E-state index is 12.4. The summed E-state index contributed by atoms with van der Waals surface area (Å²) < 4.78 is 5.60. The Balaban J connectivity index is 1.50. The Labute approximate surface area is 154 Å². The van der Waals surface area contributed by atoms with Gasteiger partial charge in [0.15, 0.2) is 5.78 Å². The fourth-order valence-electron chi connectivity index (χ4n) is 3.02. The molecule has 3 nitrogen and oxygen atoms in total. The molecule has 134 valence electrons. The van der Waals surface area contributed by atoms with Crippen LogP contribution >= 0.6 is 0 Å². The van der Waals surface area contributed by atoms with Crippen molar-refractivity contribution in [3.05, 3.63) is 83.4 Å². The Morgan fingerprint density at radius 2 is 1.58 bits per heavy atom. The van der Waals surface area contributed by atoms with Crippen LogP contribution in [0.5, 0.6) is 0 Å². The number of carbonyl (C=O) groups excluding carboxylic acids is 1. The fraction of sp³-hybridized carbons (Fsp3) is 0.261. The lowest BCUT2D eigenvalue weighted by atomic mass is 9.95. The number of benzene rings is 3. The maximum Gasteiger partial charge on any atom is 0.161 e. The van der Waals surface area contributed by atoms with Crippen LogP contribution in [0.2, 0.25) is 0 Å². The van der Waals surface area contributed by atoms with Gasteiger partial charge in [-0.25, -0.2) is 0 Å². The van der Waals surface area contributed by atoms with Gasteiger partial charge in [0, 0.05) is 12.5 Å². The molecule has 3 aromatic carbocycles. The van der Waals surface area contributed by atoms with E-state index < -0.39 is 0 Å². The summed E-state index contributed by atoms with van der Waals surface area (Å²) in [4.78, 5) is 12.4. The number of ketones is 1. The van der Waals surface area contributed by atoms with Crippen LogP contribution in [0, 0.1) is 5.92 Å². The highest BCUT2D eigenvalue weighted by molar-refractivity contribution is 5.84. The molecule has 0 radical (unpaired) electrons. The highest BCUT2D eigenvalue weighted by atomic mass is 16.5. The van der Waals surface area contributed by atoms with Gasteiger partial charge in [-0.05, 0) is 33.9 Å². The number of ether oxygens (including phenoxy) is 1. The van der Waals surface area contributed by atoms with Crippen LogP contribution in [-0.2, 0) is 29.1 Å². The smallest absolute Gasteiger partial charge is 0.161 e. The van der Waals surface area contributed by atoms with Gasteiger partial charge < -0.3 is 10.5 Å². The standard InChI is InChI=1S/C23H25NO2/c1-17(12-20-10-11-21-4-2-3-5-22(21)13-20)23(25)16-26-15-19-8-6-18(14-24)7-9-19/h2-11,13,17H,12,14-16,24H2,1H3/t17-/m1/s1. The molecule has 0 bridgehead atoms. The largest absolute Gasteiger partial charge is 0.369 e. The van der Waals surface area contributed by atoms with E-state index in [1.165, 1.54) is 16.3 Å². The Morgan fingerprint density at radius 1 is 0.923 bits per heavy atom. The average Bonchev–Trinajstić information content (AvgIpc) is 2.68. The predicted molar refractivity (Wildman–Crippen MR) is 106 cm³/mol. The zero-order chi connectivity index (χ0) is 18.4. The van der Waals surface area contributed by atoms with Crippen LogP contribution in [0.25, 0.3) is 10.8 Å². The first kappa shape index (κ1) is 18.3. The van der Waals surface area contributed by atoms with Crippen molar-refractivity contribution < 1.29 is 9.53 Å². The molecule has 0 aromatic heterocycles. The number of carbonyl (C=O) groups is 1. The molecule has 3 rings (SSSR count). The van der Waals surface area contributed by atoms with E-state index >= 15 is 0 Å². The van der Waals surface area contributed by atoms with Gasteiger partial charge in [-0.3, -0.25) is 4.79 Å². The topological polar surface area (TPSA) is 52.3 Å². The van der Waals surface area contributed by atoms with Crippen molar-refractivity contribution in [1.82, 2.24) is 0 Å². The van der Waals surface area contributed by atoms with E-state index in [0.717, 1.165) is 17.5 Å². The van der Waals surface area contributed by atoms with Crippen LogP contribution < -0.4 is 5.73 Å². The highest BCUT2D eigenvalue weighted by Crippen LogP contribution is 2.18. The normalized spacial score (nSPS) is 12.2. The highest BCUT2D eigenvalue weighted by Gasteiger charge is 2.14. The van der Waals surface area contributed by atoms with Crippen molar-refractivity contribution in [2.45, 2.75) is 26.5 Å².